The summed E-state index contributed by atoms with van der Waals surface area (Å²) < 4.78 is 22.7. The number of halogens is 1. The van der Waals surface area contributed by atoms with E-state index in [9.17, 15) is 0 Å². The summed E-state index contributed by atoms with van der Waals surface area (Å²) >= 11 is 12.0. The second-order valence-corrected chi connectivity index (χ2v) is 9.30. The molecule has 2 heterocycles. The van der Waals surface area contributed by atoms with Gasteiger partial charge in [-0.1, -0.05) is 23.7 Å². The Morgan fingerprint density at radius 3 is 2.66 bits per heavy atom. The van der Waals surface area contributed by atoms with Crippen molar-refractivity contribution in [3.8, 4) is 11.5 Å². The zero-order valence-electron chi connectivity index (χ0n) is 20.4. The van der Waals surface area contributed by atoms with Crippen LogP contribution in [0.5, 0.6) is 11.5 Å². The van der Waals surface area contributed by atoms with Crippen LogP contribution in [0.25, 0.3) is 11.0 Å². The fourth-order valence-electron chi connectivity index (χ4n) is 4.29. The Morgan fingerprint density at radius 2 is 1.91 bits per heavy atom. The first-order valence-electron chi connectivity index (χ1n) is 11.8. The van der Waals surface area contributed by atoms with E-state index in [0.29, 0.717) is 21.6 Å². The minimum Gasteiger partial charge on any atom is -0.495 e. The molecule has 1 fully saturated rings. The first-order chi connectivity index (χ1) is 17.0. The molecule has 3 aromatic rings. The van der Waals surface area contributed by atoms with Crippen LogP contribution >= 0.6 is 23.8 Å². The van der Waals surface area contributed by atoms with E-state index in [4.69, 9.17) is 42.4 Å². The zero-order valence-corrected chi connectivity index (χ0v) is 22.0. The lowest BCUT2D eigenvalue weighted by atomic mass is 10.2. The van der Waals surface area contributed by atoms with Gasteiger partial charge in [0.05, 0.1) is 39.2 Å². The van der Waals surface area contributed by atoms with E-state index in [1.54, 1.807) is 20.3 Å². The number of nitrogens with zero attached hydrogens (tertiary/aromatic N) is 2. The van der Waals surface area contributed by atoms with Crippen LogP contribution in [0, 0.1) is 0 Å². The second-order valence-electron chi connectivity index (χ2n) is 8.48. The summed E-state index contributed by atoms with van der Waals surface area (Å²) in [5.41, 5.74) is 1.50. The maximum atomic E-state index is 6.27. The van der Waals surface area contributed by atoms with Crippen molar-refractivity contribution in [2.75, 3.05) is 58.9 Å². The highest BCUT2D eigenvalue weighted by Gasteiger charge is 2.24. The van der Waals surface area contributed by atoms with Crippen LogP contribution in [0.4, 0.5) is 5.69 Å². The number of hydrogen-bond donors (Lipinski definition) is 1. The lowest BCUT2D eigenvalue weighted by Gasteiger charge is -2.32. The number of hydrogen-bond acceptors (Lipinski definition) is 6. The topological polar surface area (TPSA) is 59.3 Å². The largest absolute Gasteiger partial charge is 0.495 e. The molecule has 1 N–H and O–H groups in total. The molecule has 1 atom stereocenters. The van der Waals surface area contributed by atoms with Gasteiger partial charge in [-0.05, 0) is 49.8 Å². The molecule has 4 rings (SSSR count). The average molecular weight is 518 g/mol. The predicted molar refractivity (Wildman–Crippen MR) is 144 cm³/mol. The Bertz CT molecular complexity index is 1150. The summed E-state index contributed by atoms with van der Waals surface area (Å²) in [7, 11) is 3.27. The molecule has 9 heteroatoms. The van der Waals surface area contributed by atoms with Crippen molar-refractivity contribution < 1.29 is 18.6 Å². The Balaban J connectivity index is 1.55. The summed E-state index contributed by atoms with van der Waals surface area (Å²) in [5, 5.41) is 5.55. The predicted octanol–water partition coefficient (Wildman–Crippen LogP) is 5.59. The molecular weight excluding hydrogens is 486 g/mol. The SMILES string of the molecule is COc1cc(Cl)ccc1NC(=S)N(CCCN1CCOCC1)C(C)c1cc2cccc(OC)c2o1. The Morgan fingerprint density at radius 1 is 1.14 bits per heavy atom. The van der Waals surface area contributed by atoms with E-state index in [0.717, 1.165) is 68.2 Å². The summed E-state index contributed by atoms with van der Waals surface area (Å²) in [6.45, 7) is 7.34. The van der Waals surface area contributed by atoms with E-state index in [-0.39, 0.29) is 6.04 Å². The highest BCUT2D eigenvalue weighted by atomic mass is 35.5. The molecule has 1 aliphatic rings. The summed E-state index contributed by atoms with van der Waals surface area (Å²) in [6, 6.07) is 13.3. The molecule has 1 aliphatic heterocycles. The van der Waals surface area contributed by atoms with Gasteiger partial charge in [0.15, 0.2) is 16.4 Å². The molecule has 1 aromatic heterocycles. The van der Waals surface area contributed by atoms with E-state index >= 15 is 0 Å². The molecule has 0 amide bonds. The van der Waals surface area contributed by atoms with E-state index in [2.05, 4.69) is 28.1 Å². The third kappa shape index (κ3) is 6.19. The van der Waals surface area contributed by atoms with Gasteiger partial charge in [0.2, 0.25) is 0 Å². The number of nitrogens with one attached hydrogen (secondary N) is 1. The molecule has 0 radical (unpaired) electrons. The first-order valence-corrected chi connectivity index (χ1v) is 12.6. The maximum Gasteiger partial charge on any atom is 0.176 e. The zero-order chi connectivity index (χ0) is 24.8. The van der Waals surface area contributed by atoms with E-state index in [1.807, 2.05) is 30.3 Å². The van der Waals surface area contributed by atoms with Crippen LogP contribution in [-0.4, -0.2) is 68.5 Å². The van der Waals surface area contributed by atoms with Crippen molar-refractivity contribution in [2.45, 2.75) is 19.4 Å². The van der Waals surface area contributed by atoms with Gasteiger partial charge < -0.3 is 28.8 Å². The minimum atomic E-state index is -0.102. The van der Waals surface area contributed by atoms with Gasteiger partial charge in [-0.15, -0.1) is 0 Å². The number of rotatable bonds is 9. The smallest absolute Gasteiger partial charge is 0.176 e. The van der Waals surface area contributed by atoms with Gasteiger partial charge in [0.25, 0.3) is 0 Å². The average Bonchev–Trinajstić information content (AvgIpc) is 3.32. The molecule has 1 unspecified atom stereocenters. The third-order valence-corrected chi connectivity index (χ3v) is 6.84. The number of ether oxygens (including phenoxy) is 3. The second kappa shape index (κ2) is 11.9. The van der Waals surface area contributed by atoms with Crippen LogP contribution in [0.2, 0.25) is 5.02 Å². The normalized spacial score (nSPS) is 15.1. The standard InChI is InChI=1S/C26H32ClN3O4S/c1-18(23-16-19-6-4-7-22(31-2)25(19)34-23)30(11-5-10-29-12-14-33-15-13-29)26(35)28-21-9-8-20(27)17-24(21)32-3/h4,6-9,16-18H,5,10-15H2,1-3H3,(H,28,35). The highest BCUT2D eigenvalue weighted by Crippen LogP contribution is 2.34. The van der Waals surface area contributed by atoms with Gasteiger partial charge in [-0.25, -0.2) is 0 Å². The van der Waals surface area contributed by atoms with Crippen molar-refractivity contribution >= 4 is 45.6 Å². The van der Waals surface area contributed by atoms with Crippen LogP contribution in [0.15, 0.2) is 46.9 Å². The summed E-state index contributed by atoms with van der Waals surface area (Å²) in [6.07, 6.45) is 0.952. The summed E-state index contributed by atoms with van der Waals surface area (Å²) in [4.78, 5) is 4.59. The lowest BCUT2D eigenvalue weighted by molar-refractivity contribution is 0.0365. The molecule has 1 saturated heterocycles. The van der Waals surface area contributed by atoms with Gasteiger partial charge in [0, 0.05) is 42.7 Å². The molecule has 0 saturated carbocycles. The maximum absolute atomic E-state index is 6.27. The fourth-order valence-corrected chi connectivity index (χ4v) is 4.81. The Hall–Kier alpha value is -2.52. The number of furan rings is 1. The first kappa shape index (κ1) is 25.6. The molecule has 188 valence electrons. The van der Waals surface area contributed by atoms with Crippen molar-refractivity contribution in [3.63, 3.8) is 0 Å². The molecule has 0 aliphatic carbocycles. The van der Waals surface area contributed by atoms with Crippen molar-refractivity contribution in [3.05, 3.63) is 53.2 Å². The number of morpholine rings is 1. The van der Waals surface area contributed by atoms with Gasteiger partial charge >= 0.3 is 0 Å². The monoisotopic (exact) mass is 517 g/mol. The van der Waals surface area contributed by atoms with Crippen molar-refractivity contribution in [1.29, 1.82) is 0 Å². The summed E-state index contributed by atoms with van der Waals surface area (Å²) in [5.74, 6) is 2.17. The quantitative estimate of drug-likeness (QED) is 0.369. The number of thiocarbonyl (C=S) groups is 1. The third-order valence-electron chi connectivity index (χ3n) is 6.27. The fraction of sp³-hybridized carbons (Fsp3) is 0.423. The van der Waals surface area contributed by atoms with E-state index in [1.165, 1.54) is 0 Å². The van der Waals surface area contributed by atoms with E-state index < -0.39 is 0 Å². The lowest BCUT2D eigenvalue weighted by Crippen LogP contribution is -2.41. The number of fused-ring (bicyclic) bond motifs is 1. The molecule has 0 spiro atoms. The molecule has 7 nitrogen and oxygen atoms in total. The van der Waals surface area contributed by atoms with Gasteiger partial charge in [-0.2, -0.15) is 0 Å². The highest BCUT2D eigenvalue weighted by molar-refractivity contribution is 7.80. The molecule has 2 aromatic carbocycles. The molecule has 0 bridgehead atoms. The number of anilines is 1. The van der Waals surface area contributed by atoms with Crippen molar-refractivity contribution in [2.24, 2.45) is 0 Å². The van der Waals surface area contributed by atoms with Crippen LogP contribution in [-0.2, 0) is 4.74 Å². The van der Waals surface area contributed by atoms with Crippen LogP contribution in [0.3, 0.4) is 0 Å². The van der Waals surface area contributed by atoms with Gasteiger partial charge in [0.1, 0.15) is 11.5 Å². The number of para-hydroxylation sites is 1. The number of benzene rings is 2. The molecule has 35 heavy (non-hydrogen) atoms. The number of methoxy groups -OCH3 is 2. The Labute approximate surface area is 216 Å². The van der Waals surface area contributed by atoms with Gasteiger partial charge in [-0.3, -0.25) is 4.90 Å². The van der Waals surface area contributed by atoms with Crippen LogP contribution in [0.1, 0.15) is 25.1 Å². The minimum absolute atomic E-state index is 0.102. The molecular formula is C26H32ClN3O4S. The van der Waals surface area contributed by atoms with Crippen molar-refractivity contribution in [1.82, 2.24) is 9.80 Å². The Kier molecular flexibility index (Phi) is 8.73. The van der Waals surface area contributed by atoms with Crippen LogP contribution < -0.4 is 14.8 Å².